The van der Waals surface area contributed by atoms with E-state index in [1.807, 2.05) is 6.92 Å². The number of unbranched alkanes of at least 4 members (excludes halogenated alkanes) is 1. The molecule has 0 radical (unpaired) electrons. The van der Waals surface area contributed by atoms with E-state index in [4.69, 9.17) is 9.47 Å². The molecular weight excluding hydrogens is 216 g/mol. The van der Waals surface area contributed by atoms with Crippen molar-refractivity contribution >= 4 is 0 Å². The van der Waals surface area contributed by atoms with Crippen LogP contribution in [-0.4, -0.2) is 64.1 Å². The first kappa shape index (κ1) is 14.9. The summed E-state index contributed by atoms with van der Waals surface area (Å²) in [5.41, 5.74) is 0. The minimum absolute atomic E-state index is 0.840. The summed E-state index contributed by atoms with van der Waals surface area (Å²) in [5.74, 6) is 0. The molecule has 4 nitrogen and oxygen atoms in total. The number of hydrogen-bond donors (Lipinski definition) is 1. The van der Waals surface area contributed by atoms with Gasteiger partial charge in [-0.15, -0.1) is 0 Å². The smallest absolute Gasteiger partial charge is 0.0594 e. The Balaban J connectivity index is 1.75. The lowest BCUT2D eigenvalue weighted by Gasteiger charge is -2.26. The molecule has 0 atom stereocenters. The minimum atomic E-state index is 0.840. The van der Waals surface area contributed by atoms with Gasteiger partial charge in [-0.25, -0.2) is 0 Å². The van der Waals surface area contributed by atoms with Gasteiger partial charge < -0.3 is 14.8 Å². The number of rotatable bonds is 10. The van der Waals surface area contributed by atoms with Crippen molar-refractivity contribution in [1.29, 1.82) is 0 Å². The quantitative estimate of drug-likeness (QED) is 0.584. The summed E-state index contributed by atoms with van der Waals surface area (Å²) in [6.45, 7) is 11.3. The van der Waals surface area contributed by atoms with Gasteiger partial charge in [0.1, 0.15) is 0 Å². The fourth-order valence-electron chi connectivity index (χ4n) is 1.98. The summed E-state index contributed by atoms with van der Waals surface area (Å²) < 4.78 is 10.6. The lowest BCUT2D eigenvalue weighted by Crippen LogP contribution is -2.37. The van der Waals surface area contributed by atoms with Crippen molar-refractivity contribution in [3.8, 4) is 0 Å². The first-order valence-electron chi connectivity index (χ1n) is 7.02. The minimum Gasteiger partial charge on any atom is -0.382 e. The van der Waals surface area contributed by atoms with Crippen LogP contribution in [0.25, 0.3) is 0 Å². The number of nitrogens with one attached hydrogen (secondary N) is 1. The van der Waals surface area contributed by atoms with E-state index >= 15 is 0 Å². The van der Waals surface area contributed by atoms with Crippen LogP contribution < -0.4 is 5.32 Å². The van der Waals surface area contributed by atoms with Crippen LogP contribution in [0.1, 0.15) is 26.2 Å². The van der Waals surface area contributed by atoms with E-state index in [2.05, 4.69) is 10.2 Å². The van der Waals surface area contributed by atoms with Gasteiger partial charge in [-0.3, -0.25) is 4.90 Å². The molecule has 0 bridgehead atoms. The van der Waals surface area contributed by atoms with Gasteiger partial charge in [0.2, 0.25) is 0 Å². The van der Waals surface area contributed by atoms with Gasteiger partial charge in [-0.1, -0.05) is 0 Å². The van der Waals surface area contributed by atoms with Gasteiger partial charge in [0.15, 0.2) is 0 Å². The van der Waals surface area contributed by atoms with Crippen LogP contribution in [0.2, 0.25) is 0 Å². The third-order valence-corrected chi connectivity index (χ3v) is 3.03. The van der Waals surface area contributed by atoms with Crippen molar-refractivity contribution in [3.05, 3.63) is 0 Å². The second kappa shape index (κ2) is 11.0. The second-order valence-electron chi connectivity index (χ2n) is 4.46. The number of morpholine rings is 1. The van der Waals surface area contributed by atoms with E-state index in [0.717, 1.165) is 52.6 Å². The molecule has 1 fully saturated rings. The molecule has 102 valence electrons. The first-order chi connectivity index (χ1) is 8.43. The molecule has 0 aromatic rings. The van der Waals surface area contributed by atoms with E-state index in [1.165, 1.54) is 25.8 Å². The zero-order valence-electron chi connectivity index (χ0n) is 11.2. The number of nitrogens with zero attached hydrogens (tertiary/aromatic N) is 1. The third-order valence-electron chi connectivity index (χ3n) is 3.03. The molecule has 17 heavy (non-hydrogen) atoms. The van der Waals surface area contributed by atoms with Gasteiger partial charge in [0.25, 0.3) is 0 Å². The summed E-state index contributed by atoms with van der Waals surface area (Å²) in [6.07, 6.45) is 3.63. The lowest BCUT2D eigenvalue weighted by molar-refractivity contribution is 0.0374. The molecule has 0 aromatic carbocycles. The average molecular weight is 244 g/mol. The molecular formula is C13H28N2O2. The maximum Gasteiger partial charge on any atom is 0.0594 e. The van der Waals surface area contributed by atoms with Crippen LogP contribution in [-0.2, 0) is 9.47 Å². The molecule has 1 rings (SSSR count). The summed E-state index contributed by atoms with van der Waals surface area (Å²) >= 11 is 0. The van der Waals surface area contributed by atoms with Crippen LogP contribution in [0, 0.1) is 0 Å². The molecule has 0 saturated carbocycles. The van der Waals surface area contributed by atoms with Gasteiger partial charge >= 0.3 is 0 Å². The normalized spacial score (nSPS) is 17.5. The Bertz CT molecular complexity index is 161. The third kappa shape index (κ3) is 8.55. The zero-order valence-corrected chi connectivity index (χ0v) is 11.2. The maximum atomic E-state index is 5.32. The van der Waals surface area contributed by atoms with Crippen molar-refractivity contribution in [3.63, 3.8) is 0 Å². The summed E-state index contributed by atoms with van der Waals surface area (Å²) in [4.78, 5) is 2.49. The molecule has 0 aromatic heterocycles. The van der Waals surface area contributed by atoms with Gasteiger partial charge in [0.05, 0.1) is 13.2 Å². The van der Waals surface area contributed by atoms with E-state index in [1.54, 1.807) is 0 Å². The Hall–Kier alpha value is -0.160. The van der Waals surface area contributed by atoms with Crippen molar-refractivity contribution < 1.29 is 9.47 Å². The first-order valence-corrected chi connectivity index (χ1v) is 7.02. The fraction of sp³-hybridized carbons (Fsp3) is 1.00. The topological polar surface area (TPSA) is 33.7 Å². The van der Waals surface area contributed by atoms with Crippen LogP contribution in [0.4, 0.5) is 0 Å². The van der Waals surface area contributed by atoms with E-state index in [0.29, 0.717) is 0 Å². The van der Waals surface area contributed by atoms with Gasteiger partial charge in [0, 0.05) is 26.3 Å². The number of hydrogen-bond acceptors (Lipinski definition) is 4. The molecule has 0 aliphatic carbocycles. The Morgan fingerprint density at radius 1 is 1.12 bits per heavy atom. The standard InChI is InChI=1S/C13H28N2O2/c1-2-16-11-4-3-6-14-7-5-8-15-9-12-17-13-10-15/h14H,2-13H2,1H3. The van der Waals surface area contributed by atoms with Crippen LogP contribution in [0.3, 0.4) is 0 Å². The predicted octanol–water partition coefficient (Wildman–Crippen LogP) is 1.12. The monoisotopic (exact) mass is 244 g/mol. The molecule has 1 aliphatic heterocycles. The number of ether oxygens (including phenoxy) is 2. The molecule has 1 heterocycles. The molecule has 0 spiro atoms. The van der Waals surface area contributed by atoms with Crippen LogP contribution >= 0.6 is 0 Å². The molecule has 0 unspecified atom stereocenters. The maximum absolute atomic E-state index is 5.32. The van der Waals surface area contributed by atoms with Crippen molar-refractivity contribution in [2.45, 2.75) is 26.2 Å². The molecule has 1 aliphatic rings. The lowest BCUT2D eigenvalue weighted by atomic mass is 10.3. The molecule has 0 amide bonds. The second-order valence-corrected chi connectivity index (χ2v) is 4.46. The Kier molecular flexibility index (Phi) is 9.61. The average Bonchev–Trinajstić information content (AvgIpc) is 2.38. The molecule has 4 heteroatoms. The highest BCUT2D eigenvalue weighted by Crippen LogP contribution is 1.97. The van der Waals surface area contributed by atoms with Crippen molar-refractivity contribution in [2.24, 2.45) is 0 Å². The van der Waals surface area contributed by atoms with Crippen LogP contribution in [0.15, 0.2) is 0 Å². The Morgan fingerprint density at radius 3 is 2.65 bits per heavy atom. The highest BCUT2D eigenvalue weighted by atomic mass is 16.5. The van der Waals surface area contributed by atoms with Crippen LogP contribution in [0.5, 0.6) is 0 Å². The Morgan fingerprint density at radius 2 is 1.88 bits per heavy atom. The Labute approximate surface area is 106 Å². The highest BCUT2D eigenvalue weighted by molar-refractivity contribution is 4.62. The predicted molar refractivity (Wildman–Crippen MR) is 70.5 cm³/mol. The molecule has 1 N–H and O–H groups in total. The zero-order chi connectivity index (χ0) is 12.2. The summed E-state index contributed by atoms with van der Waals surface area (Å²) in [5, 5.41) is 3.49. The largest absolute Gasteiger partial charge is 0.382 e. The van der Waals surface area contributed by atoms with E-state index < -0.39 is 0 Å². The summed E-state index contributed by atoms with van der Waals surface area (Å²) in [7, 11) is 0. The SMILES string of the molecule is CCOCCCCNCCCN1CCOCC1. The van der Waals surface area contributed by atoms with E-state index in [-0.39, 0.29) is 0 Å². The van der Waals surface area contributed by atoms with Crippen molar-refractivity contribution in [2.75, 3.05) is 59.2 Å². The highest BCUT2D eigenvalue weighted by Gasteiger charge is 2.08. The fourth-order valence-corrected chi connectivity index (χ4v) is 1.98. The van der Waals surface area contributed by atoms with Gasteiger partial charge in [-0.2, -0.15) is 0 Å². The molecule has 1 saturated heterocycles. The summed E-state index contributed by atoms with van der Waals surface area (Å²) in [6, 6.07) is 0. The van der Waals surface area contributed by atoms with Crippen molar-refractivity contribution in [1.82, 2.24) is 10.2 Å². The van der Waals surface area contributed by atoms with E-state index in [9.17, 15) is 0 Å². The van der Waals surface area contributed by atoms with Gasteiger partial charge in [-0.05, 0) is 45.8 Å².